The zero-order chi connectivity index (χ0) is 34.4. The van der Waals surface area contributed by atoms with Crippen LogP contribution >= 0.6 is 11.3 Å². The van der Waals surface area contributed by atoms with E-state index in [1.807, 2.05) is 36.4 Å². The minimum atomic E-state index is 0.635. The third kappa shape index (κ3) is 5.16. The largest absolute Gasteiger partial charge is 0.292 e. The second-order valence-corrected chi connectivity index (χ2v) is 13.7. The maximum Gasteiger partial charge on any atom is 0.164 e. The fourth-order valence-electron chi connectivity index (χ4n) is 7.07. The lowest BCUT2D eigenvalue weighted by atomic mass is 10.0. The van der Waals surface area contributed by atoms with Gasteiger partial charge in [-0.3, -0.25) is 4.57 Å². The van der Waals surface area contributed by atoms with Crippen LogP contribution in [-0.2, 0) is 0 Å². The van der Waals surface area contributed by atoms with Crippen LogP contribution in [0.1, 0.15) is 0 Å². The van der Waals surface area contributed by atoms with E-state index in [1.54, 1.807) is 11.3 Å². The number of hydrogen-bond acceptors (Lipinski definition) is 5. The van der Waals surface area contributed by atoms with Gasteiger partial charge >= 0.3 is 0 Å². The molecule has 10 aromatic rings. The maximum atomic E-state index is 5.22. The standard InChI is InChI=1S/C46H29N5S/c1-4-15-30(16-5-1)32-19-12-20-33(29-32)44-48-43(31-17-6-2-7-18-31)49-45(50-44)36-24-14-28-40-41(36)35-23-13-25-37(42(35)52-40)46-47-38-26-10-11-27-39(38)51(46)34-21-8-3-9-22-34/h1-29H. The van der Waals surface area contributed by atoms with Crippen LogP contribution in [0.5, 0.6) is 0 Å². The van der Waals surface area contributed by atoms with E-state index in [2.05, 4.69) is 144 Å². The Balaban J connectivity index is 1.19. The van der Waals surface area contributed by atoms with Crippen LogP contribution in [0.3, 0.4) is 0 Å². The molecule has 0 aliphatic carbocycles. The minimum absolute atomic E-state index is 0.635. The summed E-state index contributed by atoms with van der Waals surface area (Å²) >= 11 is 1.78. The lowest BCUT2D eigenvalue weighted by Gasteiger charge is -2.11. The summed E-state index contributed by atoms with van der Waals surface area (Å²) in [4.78, 5) is 20.6. The number of rotatable bonds is 6. The molecule has 0 N–H and O–H groups in total. The van der Waals surface area contributed by atoms with Crippen LogP contribution in [0.2, 0.25) is 0 Å². The molecular formula is C46H29N5S. The van der Waals surface area contributed by atoms with Crippen molar-refractivity contribution >= 4 is 42.5 Å². The number of hydrogen-bond donors (Lipinski definition) is 0. The van der Waals surface area contributed by atoms with E-state index in [9.17, 15) is 0 Å². The van der Waals surface area contributed by atoms with Gasteiger partial charge in [-0.2, -0.15) is 0 Å². The molecule has 0 unspecified atom stereocenters. The van der Waals surface area contributed by atoms with Crippen LogP contribution in [0, 0.1) is 0 Å². The predicted octanol–water partition coefficient (Wildman–Crippen LogP) is 11.9. The Morgan fingerprint density at radius 2 is 1.02 bits per heavy atom. The van der Waals surface area contributed by atoms with Gasteiger partial charge in [-0.25, -0.2) is 19.9 Å². The molecule has 0 radical (unpaired) electrons. The number of imidazole rings is 1. The third-order valence-corrected chi connectivity index (χ3v) is 10.7. The number of fused-ring (bicyclic) bond motifs is 4. The smallest absolute Gasteiger partial charge is 0.164 e. The summed E-state index contributed by atoms with van der Waals surface area (Å²) in [6.07, 6.45) is 0. The molecule has 3 heterocycles. The van der Waals surface area contributed by atoms with E-state index in [1.165, 1.54) is 4.70 Å². The summed E-state index contributed by atoms with van der Waals surface area (Å²) in [6, 6.07) is 60.8. The van der Waals surface area contributed by atoms with Gasteiger partial charge in [-0.05, 0) is 53.6 Å². The van der Waals surface area contributed by atoms with Crippen molar-refractivity contribution < 1.29 is 0 Å². The summed E-state index contributed by atoms with van der Waals surface area (Å²) in [5.74, 6) is 2.83. The van der Waals surface area contributed by atoms with Crippen molar-refractivity contribution in [3.63, 3.8) is 0 Å². The van der Waals surface area contributed by atoms with Crippen LogP contribution in [0.25, 0.3) is 93.6 Å². The normalized spacial score (nSPS) is 11.5. The molecule has 0 atom stereocenters. The fraction of sp³-hybridized carbons (Fsp3) is 0. The molecule has 0 aliphatic heterocycles. The Morgan fingerprint density at radius 1 is 0.423 bits per heavy atom. The molecule has 0 bridgehead atoms. The Kier molecular flexibility index (Phi) is 7.25. The highest BCUT2D eigenvalue weighted by atomic mass is 32.1. The van der Waals surface area contributed by atoms with E-state index in [0.717, 1.165) is 71.4 Å². The quantitative estimate of drug-likeness (QED) is 0.175. The van der Waals surface area contributed by atoms with Crippen molar-refractivity contribution in [2.45, 2.75) is 0 Å². The molecule has 0 saturated heterocycles. The van der Waals surface area contributed by atoms with E-state index in [0.29, 0.717) is 17.5 Å². The summed E-state index contributed by atoms with van der Waals surface area (Å²) in [7, 11) is 0. The summed E-state index contributed by atoms with van der Waals surface area (Å²) < 4.78 is 4.60. The van der Waals surface area contributed by atoms with Crippen molar-refractivity contribution in [2.75, 3.05) is 0 Å². The Bertz CT molecular complexity index is 2900. The molecule has 0 aliphatic rings. The molecule has 0 saturated carbocycles. The number of para-hydroxylation sites is 3. The van der Waals surface area contributed by atoms with E-state index >= 15 is 0 Å². The second-order valence-electron chi connectivity index (χ2n) is 12.7. The van der Waals surface area contributed by atoms with Gasteiger partial charge in [0, 0.05) is 48.1 Å². The first-order valence-electron chi connectivity index (χ1n) is 17.2. The van der Waals surface area contributed by atoms with Crippen LogP contribution in [0.15, 0.2) is 176 Å². The van der Waals surface area contributed by atoms with Crippen molar-refractivity contribution in [1.82, 2.24) is 24.5 Å². The fourth-order valence-corrected chi connectivity index (χ4v) is 8.30. The molecule has 5 nitrogen and oxygen atoms in total. The highest BCUT2D eigenvalue weighted by Gasteiger charge is 2.21. The van der Waals surface area contributed by atoms with Gasteiger partial charge in [0.25, 0.3) is 0 Å². The van der Waals surface area contributed by atoms with E-state index < -0.39 is 0 Å². The first-order valence-corrected chi connectivity index (χ1v) is 18.1. The molecule has 52 heavy (non-hydrogen) atoms. The zero-order valence-electron chi connectivity index (χ0n) is 27.9. The molecule has 244 valence electrons. The Labute approximate surface area is 304 Å². The highest BCUT2D eigenvalue weighted by Crippen LogP contribution is 2.44. The van der Waals surface area contributed by atoms with Gasteiger partial charge in [0.05, 0.1) is 11.0 Å². The number of benzene rings is 7. The Hall–Kier alpha value is -6.76. The number of thiophene rings is 1. The Morgan fingerprint density at radius 3 is 1.83 bits per heavy atom. The van der Waals surface area contributed by atoms with Gasteiger partial charge in [0.2, 0.25) is 0 Å². The molecule has 6 heteroatoms. The van der Waals surface area contributed by atoms with Crippen molar-refractivity contribution in [1.29, 1.82) is 0 Å². The zero-order valence-corrected chi connectivity index (χ0v) is 28.7. The van der Waals surface area contributed by atoms with Gasteiger partial charge < -0.3 is 0 Å². The molecule has 0 amide bonds. The molecule has 0 spiro atoms. The first-order chi connectivity index (χ1) is 25.8. The lowest BCUT2D eigenvalue weighted by Crippen LogP contribution is -2.00. The third-order valence-electron chi connectivity index (χ3n) is 9.47. The average molecular weight is 684 g/mol. The monoisotopic (exact) mass is 683 g/mol. The van der Waals surface area contributed by atoms with E-state index in [4.69, 9.17) is 19.9 Å². The van der Waals surface area contributed by atoms with Crippen LogP contribution in [-0.4, -0.2) is 24.5 Å². The average Bonchev–Trinajstić information content (AvgIpc) is 3.81. The maximum absolute atomic E-state index is 5.22. The van der Waals surface area contributed by atoms with Gasteiger partial charge in [0.1, 0.15) is 5.82 Å². The van der Waals surface area contributed by atoms with Crippen molar-refractivity contribution in [2.24, 2.45) is 0 Å². The number of nitrogens with zero attached hydrogens (tertiary/aromatic N) is 5. The van der Waals surface area contributed by atoms with Gasteiger partial charge in [-0.1, -0.05) is 133 Å². The molecule has 3 aromatic heterocycles. The van der Waals surface area contributed by atoms with Crippen molar-refractivity contribution in [3.05, 3.63) is 176 Å². The van der Waals surface area contributed by atoms with Crippen LogP contribution < -0.4 is 0 Å². The first kappa shape index (κ1) is 30.1. The SMILES string of the molecule is c1ccc(-c2cccc(-c3nc(-c4ccccc4)nc(-c4cccc5sc6c(-c7nc8ccccc8n7-c7ccccc7)cccc6c45)n3)c2)cc1. The van der Waals surface area contributed by atoms with E-state index in [-0.39, 0.29) is 0 Å². The second kappa shape index (κ2) is 12.5. The number of aromatic nitrogens is 5. The molecule has 7 aromatic carbocycles. The lowest BCUT2D eigenvalue weighted by molar-refractivity contribution is 1.08. The molecule has 0 fully saturated rings. The van der Waals surface area contributed by atoms with Gasteiger partial charge in [0.15, 0.2) is 17.5 Å². The molecule has 10 rings (SSSR count). The minimum Gasteiger partial charge on any atom is -0.292 e. The summed E-state index contributed by atoms with van der Waals surface area (Å²) in [5, 5.41) is 2.27. The topological polar surface area (TPSA) is 56.5 Å². The summed E-state index contributed by atoms with van der Waals surface area (Å²) in [5.41, 5.74) is 9.30. The molecular weight excluding hydrogens is 655 g/mol. The van der Waals surface area contributed by atoms with Crippen molar-refractivity contribution in [3.8, 4) is 62.4 Å². The summed E-state index contributed by atoms with van der Waals surface area (Å²) in [6.45, 7) is 0. The van der Waals surface area contributed by atoms with Gasteiger partial charge in [-0.15, -0.1) is 11.3 Å². The van der Waals surface area contributed by atoms with Crippen LogP contribution in [0.4, 0.5) is 0 Å². The predicted molar refractivity (Wildman–Crippen MR) is 215 cm³/mol. The highest BCUT2D eigenvalue weighted by molar-refractivity contribution is 7.26.